The third-order valence-corrected chi connectivity index (χ3v) is 5.79. The summed E-state index contributed by atoms with van der Waals surface area (Å²) < 4.78 is 9.76. The zero-order chi connectivity index (χ0) is 19.8. The molecule has 7 nitrogen and oxygen atoms in total. The minimum Gasteiger partial charge on any atom is -0.370 e. The number of carbonyl (C=O) groups excluding carboxylic acids is 1. The van der Waals surface area contributed by atoms with Crippen LogP contribution in [0.15, 0.2) is 24.3 Å². The van der Waals surface area contributed by atoms with Gasteiger partial charge in [0.2, 0.25) is 11.0 Å². The van der Waals surface area contributed by atoms with Crippen LogP contribution in [0, 0.1) is 0 Å². The summed E-state index contributed by atoms with van der Waals surface area (Å²) >= 11 is 7.23. The second-order valence-electron chi connectivity index (χ2n) is 6.97. The van der Waals surface area contributed by atoms with Gasteiger partial charge < -0.3 is 19.9 Å². The van der Waals surface area contributed by atoms with E-state index in [0.717, 1.165) is 55.8 Å². The van der Waals surface area contributed by atoms with Crippen molar-refractivity contribution >= 4 is 34.2 Å². The average molecular weight is 425 g/mol. The Labute approximate surface area is 174 Å². The smallest absolute Gasteiger partial charge is 0.239 e. The maximum Gasteiger partial charge on any atom is 0.239 e. The van der Waals surface area contributed by atoms with Gasteiger partial charge in [-0.15, -0.1) is 0 Å². The van der Waals surface area contributed by atoms with Gasteiger partial charge in [0.15, 0.2) is 0 Å². The average Bonchev–Trinajstić information content (AvgIpc) is 3.17. The molecule has 1 fully saturated rings. The molecule has 28 heavy (non-hydrogen) atoms. The maximum atomic E-state index is 12.2. The number of hydrogen-bond donors (Lipinski definition) is 2. The number of morpholine rings is 1. The lowest BCUT2D eigenvalue weighted by Crippen LogP contribution is -3.14. The van der Waals surface area contributed by atoms with Crippen molar-refractivity contribution in [3.05, 3.63) is 40.7 Å². The van der Waals surface area contributed by atoms with Crippen molar-refractivity contribution in [2.75, 3.05) is 57.9 Å². The Morgan fingerprint density at radius 1 is 1.32 bits per heavy atom. The van der Waals surface area contributed by atoms with Gasteiger partial charge in [-0.3, -0.25) is 4.79 Å². The zero-order valence-electron chi connectivity index (χ0n) is 16.1. The predicted octanol–water partition coefficient (Wildman–Crippen LogP) is 0.640. The zero-order valence-corrected chi connectivity index (χ0v) is 17.7. The number of benzene rings is 1. The second kappa shape index (κ2) is 10.7. The maximum absolute atomic E-state index is 12.2. The van der Waals surface area contributed by atoms with Crippen molar-refractivity contribution in [1.82, 2.24) is 14.7 Å². The monoisotopic (exact) mass is 424 g/mol. The normalized spacial score (nSPS) is 14.8. The molecule has 0 aliphatic carbocycles. The van der Waals surface area contributed by atoms with Crippen molar-refractivity contribution in [3.63, 3.8) is 0 Å². The minimum atomic E-state index is 0.00827. The first kappa shape index (κ1) is 21.0. The minimum absolute atomic E-state index is 0.00827. The van der Waals surface area contributed by atoms with Gasteiger partial charge in [-0.2, -0.15) is 4.37 Å². The number of nitrogens with zero attached hydrogens (tertiary/aromatic N) is 3. The molecule has 1 aliphatic heterocycles. The summed E-state index contributed by atoms with van der Waals surface area (Å²) in [5, 5.41) is 4.46. The van der Waals surface area contributed by atoms with E-state index in [1.807, 2.05) is 36.2 Å². The molecule has 1 aromatic heterocycles. The second-order valence-corrected chi connectivity index (χ2v) is 8.14. The molecule has 0 saturated carbocycles. The number of nitrogens with one attached hydrogen (secondary N) is 2. The Morgan fingerprint density at radius 2 is 2.07 bits per heavy atom. The standard InChI is InChI=1S/C19H26ClN5O2S/c1-24(14-18(26)21-7-2-8-25-9-11-27-12-10-25)19-22-17(23-28-19)13-15-3-5-16(20)6-4-15/h3-6H,2,7-14H2,1H3,(H,21,26)/p+1. The quantitative estimate of drug-likeness (QED) is 0.578. The first-order chi connectivity index (χ1) is 13.6. The van der Waals surface area contributed by atoms with Crippen LogP contribution in [-0.2, 0) is 16.0 Å². The number of halogens is 1. The fourth-order valence-electron chi connectivity index (χ4n) is 3.07. The van der Waals surface area contributed by atoms with Crippen LogP contribution in [0.5, 0.6) is 0 Å². The van der Waals surface area contributed by atoms with Crippen molar-refractivity contribution in [1.29, 1.82) is 0 Å². The van der Waals surface area contributed by atoms with Crippen molar-refractivity contribution in [3.8, 4) is 0 Å². The van der Waals surface area contributed by atoms with Crippen LogP contribution in [0.1, 0.15) is 17.8 Å². The summed E-state index contributed by atoms with van der Waals surface area (Å²) in [6.45, 7) is 5.86. The van der Waals surface area contributed by atoms with Gasteiger partial charge >= 0.3 is 0 Å². The van der Waals surface area contributed by atoms with E-state index in [1.54, 1.807) is 4.90 Å². The van der Waals surface area contributed by atoms with E-state index in [1.165, 1.54) is 11.5 Å². The van der Waals surface area contributed by atoms with Crippen LogP contribution in [0.3, 0.4) is 0 Å². The molecule has 0 atom stereocenters. The number of anilines is 1. The highest BCUT2D eigenvalue weighted by molar-refractivity contribution is 7.09. The van der Waals surface area contributed by atoms with Crippen LogP contribution in [0.4, 0.5) is 5.13 Å². The van der Waals surface area contributed by atoms with E-state index >= 15 is 0 Å². The molecule has 2 heterocycles. The molecule has 3 rings (SSSR count). The third-order valence-electron chi connectivity index (χ3n) is 4.67. The summed E-state index contributed by atoms with van der Waals surface area (Å²) in [6, 6.07) is 7.67. The van der Waals surface area contributed by atoms with Crippen LogP contribution in [-0.4, -0.2) is 68.2 Å². The predicted molar refractivity (Wildman–Crippen MR) is 111 cm³/mol. The van der Waals surface area contributed by atoms with E-state index in [9.17, 15) is 4.79 Å². The molecule has 9 heteroatoms. The molecular weight excluding hydrogens is 398 g/mol. The van der Waals surface area contributed by atoms with E-state index < -0.39 is 0 Å². The Bertz CT molecular complexity index is 749. The first-order valence-corrected chi connectivity index (χ1v) is 10.7. The molecule has 1 aliphatic rings. The summed E-state index contributed by atoms with van der Waals surface area (Å²) in [5.74, 6) is 0.761. The summed E-state index contributed by atoms with van der Waals surface area (Å²) in [6.07, 6.45) is 1.63. The van der Waals surface area contributed by atoms with E-state index in [4.69, 9.17) is 16.3 Å². The summed E-state index contributed by atoms with van der Waals surface area (Å²) in [5.41, 5.74) is 1.11. The molecule has 1 aromatic carbocycles. The van der Waals surface area contributed by atoms with Gasteiger partial charge in [0.05, 0.1) is 26.3 Å². The lowest BCUT2D eigenvalue weighted by Gasteiger charge is -2.23. The number of hydrogen-bond acceptors (Lipinski definition) is 6. The molecule has 152 valence electrons. The number of aromatic nitrogens is 2. The Hall–Kier alpha value is -1.74. The number of ether oxygens (including phenoxy) is 1. The molecule has 1 saturated heterocycles. The fraction of sp³-hybridized carbons (Fsp3) is 0.526. The van der Waals surface area contributed by atoms with Gasteiger partial charge in [0.1, 0.15) is 18.9 Å². The molecule has 0 radical (unpaired) electrons. The number of quaternary nitrogens is 1. The number of carbonyl (C=O) groups is 1. The number of likely N-dealkylation sites (N-methyl/N-ethyl adjacent to an activating group) is 1. The topological polar surface area (TPSA) is 71.8 Å². The Morgan fingerprint density at radius 3 is 2.82 bits per heavy atom. The molecule has 0 unspecified atom stereocenters. The summed E-state index contributed by atoms with van der Waals surface area (Å²) in [7, 11) is 1.87. The molecule has 2 N–H and O–H groups in total. The molecular formula is C19H27ClN5O2S+. The molecule has 0 bridgehead atoms. The van der Waals surface area contributed by atoms with Gasteiger partial charge in [-0.25, -0.2) is 4.98 Å². The lowest BCUT2D eigenvalue weighted by molar-refractivity contribution is -0.908. The van der Waals surface area contributed by atoms with Crippen LogP contribution >= 0.6 is 23.1 Å². The number of amides is 1. The van der Waals surface area contributed by atoms with E-state index in [-0.39, 0.29) is 12.5 Å². The third kappa shape index (κ3) is 6.70. The largest absolute Gasteiger partial charge is 0.370 e. The van der Waals surface area contributed by atoms with E-state index in [0.29, 0.717) is 18.0 Å². The van der Waals surface area contributed by atoms with Crippen molar-refractivity contribution < 1.29 is 14.4 Å². The lowest BCUT2D eigenvalue weighted by atomic mass is 10.1. The van der Waals surface area contributed by atoms with Gasteiger partial charge in [-0.05, 0) is 17.7 Å². The SMILES string of the molecule is CN(CC(=O)NCCC[NH+]1CCOCC1)c1nc(Cc2ccc(Cl)cc2)ns1. The van der Waals surface area contributed by atoms with Crippen LogP contribution in [0.25, 0.3) is 0 Å². The van der Waals surface area contributed by atoms with Crippen LogP contribution in [0.2, 0.25) is 5.02 Å². The molecule has 2 aromatic rings. The number of rotatable bonds is 9. The Balaban J connectivity index is 1.37. The molecule has 1 amide bonds. The molecule has 0 spiro atoms. The Kier molecular flexibility index (Phi) is 8.02. The van der Waals surface area contributed by atoms with Crippen molar-refractivity contribution in [2.45, 2.75) is 12.8 Å². The first-order valence-electron chi connectivity index (χ1n) is 9.56. The summed E-state index contributed by atoms with van der Waals surface area (Å²) in [4.78, 5) is 20.1. The van der Waals surface area contributed by atoms with E-state index in [2.05, 4.69) is 14.7 Å². The fourth-order valence-corrected chi connectivity index (χ4v) is 3.84. The van der Waals surface area contributed by atoms with Gasteiger partial charge in [0, 0.05) is 43.0 Å². The van der Waals surface area contributed by atoms with Crippen LogP contribution < -0.4 is 15.1 Å². The van der Waals surface area contributed by atoms with Crippen molar-refractivity contribution in [2.24, 2.45) is 0 Å². The van der Waals surface area contributed by atoms with Gasteiger partial charge in [-0.1, -0.05) is 23.7 Å². The van der Waals surface area contributed by atoms with Gasteiger partial charge in [0.25, 0.3) is 0 Å². The highest BCUT2D eigenvalue weighted by Gasteiger charge is 2.14. The highest BCUT2D eigenvalue weighted by Crippen LogP contribution is 2.18. The highest BCUT2D eigenvalue weighted by atomic mass is 35.5.